The van der Waals surface area contributed by atoms with Gasteiger partial charge in [0, 0.05) is 12.1 Å². The molecule has 0 aliphatic carbocycles. The highest BCUT2D eigenvalue weighted by molar-refractivity contribution is 6.30. The topological polar surface area (TPSA) is 55.9 Å². The van der Waals surface area contributed by atoms with E-state index >= 15 is 0 Å². The third-order valence-electron chi connectivity index (χ3n) is 2.70. The molecule has 0 amide bonds. The van der Waals surface area contributed by atoms with Crippen molar-refractivity contribution in [3.8, 4) is 0 Å². The van der Waals surface area contributed by atoms with Crippen molar-refractivity contribution >= 4 is 11.6 Å². The molecular weight excluding hydrogens is 236 g/mol. The number of rotatable bonds is 3. The molecule has 0 saturated heterocycles. The Morgan fingerprint density at radius 3 is 2.47 bits per heavy atom. The minimum Gasteiger partial charge on any atom is -0.271 e. The maximum Gasteiger partial charge on any atom is 0.0878 e. The first kappa shape index (κ1) is 12.1. The lowest BCUT2D eigenvalue weighted by Gasteiger charge is -2.16. The van der Waals surface area contributed by atoms with E-state index in [9.17, 15) is 0 Å². The zero-order valence-electron chi connectivity index (χ0n) is 9.81. The Labute approximate surface area is 105 Å². The number of halogens is 1. The first-order chi connectivity index (χ1) is 8.11. The smallest absolute Gasteiger partial charge is 0.0878 e. The highest BCUT2D eigenvalue weighted by atomic mass is 35.5. The quantitative estimate of drug-likeness (QED) is 0.647. The van der Waals surface area contributed by atoms with Gasteiger partial charge < -0.3 is 0 Å². The summed E-state index contributed by atoms with van der Waals surface area (Å²) in [5, 5.41) is 5.03. The number of benzene rings is 1. The molecule has 4 nitrogen and oxygen atoms in total. The summed E-state index contributed by atoms with van der Waals surface area (Å²) in [6, 6.07) is 9.54. The van der Waals surface area contributed by atoms with Crippen LogP contribution in [0.2, 0.25) is 5.02 Å². The third kappa shape index (κ3) is 2.49. The highest BCUT2D eigenvalue weighted by Crippen LogP contribution is 2.22. The number of hydrogen-bond acceptors (Lipinski definition) is 3. The van der Waals surface area contributed by atoms with Gasteiger partial charge in [-0.05, 0) is 30.7 Å². The second kappa shape index (κ2) is 4.87. The van der Waals surface area contributed by atoms with Crippen LogP contribution in [0.4, 0.5) is 0 Å². The Kier molecular flexibility index (Phi) is 3.47. The van der Waals surface area contributed by atoms with Crippen molar-refractivity contribution in [1.82, 2.24) is 15.2 Å². The molecule has 0 spiro atoms. The van der Waals surface area contributed by atoms with Gasteiger partial charge >= 0.3 is 0 Å². The average molecular weight is 251 g/mol. The van der Waals surface area contributed by atoms with E-state index in [2.05, 4.69) is 10.5 Å². The second-order valence-electron chi connectivity index (χ2n) is 3.99. The van der Waals surface area contributed by atoms with Crippen molar-refractivity contribution in [2.75, 3.05) is 0 Å². The normalized spacial score (nSPS) is 12.7. The Hall–Kier alpha value is -1.36. The molecular formula is C12H15ClN4. The molecule has 0 bridgehead atoms. The SMILES string of the molecule is Cc1cc(C(NN)c2ccc(Cl)cc2)n(C)n1. The maximum absolute atomic E-state index is 5.87. The van der Waals surface area contributed by atoms with Gasteiger partial charge in [0.1, 0.15) is 0 Å². The third-order valence-corrected chi connectivity index (χ3v) is 2.96. The van der Waals surface area contributed by atoms with E-state index in [-0.39, 0.29) is 6.04 Å². The van der Waals surface area contributed by atoms with Crippen LogP contribution in [0.5, 0.6) is 0 Å². The van der Waals surface area contributed by atoms with Gasteiger partial charge in [-0.3, -0.25) is 10.5 Å². The van der Waals surface area contributed by atoms with Gasteiger partial charge in [-0.1, -0.05) is 23.7 Å². The molecule has 0 radical (unpaired) electrons. The first-order valence-electron chi connectivity index (χ1n) is 5.34. The standard InChI is InChI=1S/C12H15ClN4/c1-8-7-11(17(2)16-8)12(15-14)9-3-5-10(13)6-4-9/h3-7,12,15H,14H2,1-2H3. The molecule has 1 unspecified atom stereocenters. The molecule has 17 heavy (non-hydrogen) atoms. The van der Waals surface area contributed by atoms with Gasteiger partial charge in [0.25, 0.3) is 0 Å². The summed E-state index contributed by atoms with van der Waals surface area (Å²) in [6.45, 7) is 1.96. The lowest BCUT2D eigenvalue weighted by Crippen LogP contribution is -2.30. The van der Waals surface area contributed by atoms with Crippen molar-refractivity contribution < 1.29 is 0 Å². The van der Waals surface area contributed by atoms with E-state index in [1.165, 1.54) is 0 Å². The van der Waals surface area contributed by atoms with Crippen molar-refractivity contribution in [1.29, 1.82) is 0 Å². The summed E-state index contributed by atoms with van der Waals surface area (Å²) >= 11 is 5.87. The van der Waals surface area contributed by atoms with Gasteiger partial charge in [0.05, 0.1) is 17.4 Å². The van der Waals surface area contributed by atoms with Crippen LogP contribution in [0, 0.1) is 6.92 Å². The molecule has 1 aromatic carbocycles. The fraction of sp³-hybridized carbons (Fsp3) is 0.250. The highest BCUT2D eigenvalue weighted by Gasteiger charge is 2.16. The second-order valence-corrected chi connectivity index (χ2v) is 4.42. The van der Waals surface area contributed by atoms with E-state index in [0.29, 0.717) is 5.02 Å². The predicted molar refractivity (Wildman–Crippen MR) is 68.6 cm³/mol. The summed E-state index contributed by atoms with van der Waals surface area (Å²) in [5.74, 6) is 5.63. The zero-order chi connectivity index (χ0) is 12.4. The van der Waals surface area contributed by atoms with Crippen molar-refractivity contribution in [3.05, 3.63) is 52.3 Å². The molecule has 3 N–H and O–H groups in total. The summed E-state index contributed by atoms with van der Waals surface area (Å²) in [4.78, 5) is 0. The Morgan fingerprint density at radius 1 is 1.35 bits per heavy atom. The molecule has 5 heteroatoms. The van der Waals surface area contributed by atoms with Crippen LogP contribution in [0.3, 0.4) is 0 Å². The fourth-order valence-electron chi connectivity index (χ4n) is 1.91. The van der Waals surface area contributed by atoms with E-state index in [1.807, 2.05) is 49.0 Å². The van der Waals surface area contributed by atoms with Gasteiger partial charge in [-0.15, -0.1) is 0 Å². The predicted octanol–water partition coefficient (Wildman–Crippen LogP) is 1.93. The molecule has 90 valence electrons. The zero-order valence-corrected chi connectivity index (χ0v) is 10.6. The van der Waals surface area contributed by atoms with Crippen LogP contribution < -0.4 is 11.3 Å². The fourth-order valence-corrected chi connectivity index (χ4v) is 2.03. The first-order valence-corrected chi connectivity index (χ1v) is 5.71. The lowest BCUT2D eigenvalue weighted by molar-refractivity contribution is 0.574. The molecule has 0 aliphatic rings. The molecule has 1 aromatic heterocycles. The van der Waals surface area contributed by atoms with Gasteiger partial charge in [0.2, 0.25) is 0 Å². The molecule has 1 atom stereocenters. The van der Waals surface area contributed by atoms with Crippen molar-refractivity contribution in [2.24, 2.45) is 12.9 Å². The average Bonchev–Trinajstić information content (AvgIpc) is 2.62. The van der Waals surface area contributed by atoms with Gasteiger partial charge in [-0.25, -0.2) is 5.43 Å². The number of hydrazine groups is 1. The molecule has 2 aromatic rings. The number of hydrogen-bond donors (Lipinski definition) is 2. The van der Waals surface area contributed by atoms with E-state index < -0.39 is 0 Å². The van der Waals surface area contributed by atoms with E-state index in [4.69, 9.17) is 17.4 Å². The van der Waals surface area contributed by atoms with Crippen LogP contribution in [0.15, 0.2) is 30.3 Å². The van der Waals surface area contributed by atoms with Gasteiger partial charge in [0.15, 0.2) is 0 Å². The summed E-state index contributed by atoms with van der Waals surface area (Å²) < 4.78 is 1.83. The van der Waals surface area contributed by atoms with Crippen LogP contribution >= 0.6 is 11.6 Å². The molecule has 0 fully saturated rings. The van der Waals surface area contributed by atoms with Crippen LogP contribution in [0.1, 0.15) is 23.0 Å². The monoisotopic (exact) mass is 250 g/mol. The Balaban J connectivity index is 2.39. The van der Waals surface area contributed by atoms with E-state index in [1.54, 1.807) is 0 Å². The molecule has 2 rings (SSSR count). The number of nitrogens with one attached hydrogen (secondary N) is 1. The largest absolute Gasteiger partial charge is 0.271 e. The molecule has 0 saturated carbocycles. The van der Waals surface area contributed by atoms with Crippen LogP contribution in [-0.4, -0.2) is 9.78 Å². The van der Waals surface area contributed by atoms with E-state index in [0.717, 1.165) is 17.0 Å². The summed E-state index contributed by atoms with van der Waals surface area (Å²) in [7, 11) is 1.91. The van der Waals surface area contributed by atoms with Crippen LogP contribution in [0.25, 0.3) is 0 Å². The molecule has 0 aliphatic heterocycles. The number of aromatic nitrogens is 2. The maximum atomic E-state index is 5.87. The number of nitrogens with two attached hydrogens (primary N) is 1. The van der Waals surface area contributed by atoms with Gasteiger partial charge in [-0.2, -0.15) is 5.10 Å². The molecule has 1 heterocycles. The van der Waals surface area contributed by atoms with Crippen molar-refractivity contribution in [2.45, 2.75) is 13.0 Å². The van der Waals surface area contributed by atoms with Crippen molar-refractivity contribution in [3.63, 3.8) is 0 Å². The number of nitrogens with zero attached hydrogens (tertiary/aromatic N) is 2. The minimum atomic E-state index is -0.0848. The Bertz CT molecular complexity index is 504. The summed E-state index contributed by atoms with van der Waals surface area (Å²) in [5.41, 5.74) is 5.85. The Morgan fingerprint density at radius 2 is 2.00 bits per heavy atom. The number of aryl methyl sites for hydroxylation is 2. The minimum absolute atomic E-state index is 0.0848. The lowest BCUT2D eigenvalue weighted by atomic mass is 10.0. The summed E-state index contributed by atoms with van der Waals surface area (Å²) in [6.07, 6.45) is 0. The van der Waals surface area contributed by atoms with Crippen LogP contribution in [-0.2, 0) is 7.05 Å².